The molecule has 1 aromatic carbocycles. The molecule has 1 aliphatic heterocycles. The van der Waals surface area contributed by atoms with Crippen LogP contribution in [0.15, 0.2) is 18.2 Å². The van der Waals surface area contributed by atoms with Gasteiger partial charge >= 0.3 is 0 Å². The van der Waals surface area contributed by atoms with Crippen LogP contribution in [0, 0.1) is 0 Å². The smallest absolute Gasteiger partial charge is 0.119 e. The number of aryl methyl sites for hydroxylation is 1. The Morgan fingerprint density at radius 1 is 1.44 bits per heavy atom. The van der Waals surface area contributed by atoms with Crippen molar-refractivity contribution < 1.29 is 9.47 Å². The molecule has 0 spiro atoms. The number of nitrogens with one attached hydrogen (secondary N) is 1. The first-order valence-electron chi connectivity index (χ1n) is 5.90. The maximum Gasteiger partial charge on any atom is 0.119 e. The Kier molecular flexibility index (Phi) is 2.58. The van der Waals surface area contributed by atoms with Crippen molar-refractivity contribution in [2.75, 3.05) is 20.3 Å². The number of benzene rings is 1. The lowest BCUT2D eigenvalue weighted by molar-refractivity contribution is -0.0128. The molecule has 2 atom stereocenters. The topological polar surface area (TPSA) is 30.5 Å². The molecule has 1 heterocycles. The van der Waals surface area contributed by atoms with E-state index in [0.29, 0.717) is 6.04 Å². The largest absolute Gasteiger partial charge is 0.497 e. The number of hydrogen-bond donors (Lipinski definition) is 1. The Hall–Kier alpha value is -1.06. The number of ether oxygens (including phenoxy) is 2. The predicted octanol–water partition coefficient (Wildman–Crippen LogP) is 1.67. The summed E-state index contributed by atoms with van der Waals surface area (Å²) >= 11 is 0. The monoisotopic (exact) mass is 219 g/mol. The molecule has 1 aliphatic carbocycles. The Bertz CT molecular complexity index is 392. The first kappa shape index (κ1) is 10.1. The van der Waals surface area contributed by atoms with Crippen molar-refractivity contribution in [2.24, 2.45) is 0 Å². The molecule has 0 saturated carbocycles. The van der Waals surface area contributed by atoms with Gasteiger partial charge in [0.25, 0.3) is 0 Å². The lowest BCUT2D eigenvalue weighted by Crippen LogP contribution is -2.45. The summed E-state index contributed by atoms with van der Waals surface area (Å²) in [5, 5.41) is 3.53. The molecular formula is C13H17NO2. The van der Waals surface area contributed by atoms with Crippen LogP contribution in [0.3, 0.4) is 0 Å². The van der Waals surface area contributed by atoms with E-state index in [9.17, 15) is 0 Å². The van der Waals surface area contributed by atoms with Gasteiger partial charge in [-0.15, -0.1) is 0 Å². The molecular weight excluding hydrogens is 202 g/mol. The summed E-state index contributed by atoms with van der Waals surface area (Å²) in [7, 11) is 1.71. The molecule has 0 unspecified atom stereocenters. The van der Waals surface area contributed by atoms with E-state index < -0.39 is 0 Å². The second-order valence-corrected chi connectivity index (χ2v) is 4.46. The zero-order chi connectivity index (χ0) is 11.0. The van der Waals surface area contributed by atoms with Crippen LogP contribution in [0.1, 0.15) is 23.7 Å². The van der Waals surface area contributed by atoms with E-state index >= 15 is 0 Å². The predicted molar refractivity (Wildman–Crippen MR) is 61.8 cm³/mol. The van der Waals surface area contributed by atoms with Crippen LogP contribution in [0.2, 0.25) is 0 Å². The normalized spacial score (nSPS) is 28.1. The Labute approximate surface area is 95.8 Å². The molecule has 3 nitrogen and oxygen atoms in total. The third kappa shape index (κ3) is 1.60. The molecule has 86 valence electrons. The Morgan fingerprint density at radius 2 is 2.38 bits per heavy atom. The average Bonchev–Trinajstić information content (AvgIpc) is 2.38. The molecule has 2 aliphatic rings. The molecule has 0 amide bonds. The third-order valence-electron chi connectivity index (χ3n) is 3.56. The van der Waals surface area contributed by atoms with Crippen molar-refractivity contribution in [3.05, 3.63) is 29.3 Å². The van der Waals surface area contributed by atoms with Gasteiger partial charge in [-0.25, -0.2) is 0 Å². The molecule has 0 radical (unpaired) electrons. The van der Waals surface area contributed by atoms with Gasteiger partial charge in [0.05, 0.1) is 19.8 Å². The highest BCUT2D eigenvalue weighted by Gasteiger charge is 2.32. The fourth-order valence-electron chi connectivity index (χ4n) is 2.72. The van der Waals surface area contributed by atoms with Gasteiger partial charge in [-0.2, -0.15) is 0 Å². The van der Waals surface area contributed by atoms with E-state index in [4.69, 9.17) is 9.47 Å². The maximum atomic E-state index is 5.89. The fraction of sp³-hybridized carbons (Fsp3) is 0.538. The van der Waals surface area contributed by atoms with Gasteiger partial charge in [0, 0.05) is 12.6 Å². The SMILES string of the molecule is COc1ccc2c(c1)[C@@H]1OCCN[C@H]1CC2. The van der Waals surface area contributed by atoms with Gasteiger partial charge in [0.1, 0.15) is 5.75 Å². The van der Waals surface area contributed by atoms with Crippen molar-refractivity contribution in [2.45, 2.75) is 25.0 Å². The lowest BCUT2D eigenvalue weighted by Gasteiger charge is -2.37. The van der Waals surface area contributed by atoms with Gasteiger partial charge in [0.2, 0.25) is 0 Å². The van der Waals surface area contributed by atoms with Crippen LogP contribution in [0.4, 0.5) is 0 Å². The quantitative estimate of drug-likeness (QED) is 0.779. The summed E-state index contributed by atoms with van der Waals surface area (Å²) in [6, 6.07) is 6.81. The molecule has 3 heteroatoms. The van der Waals surface area contributed by atoms with Crippen LogP contribution in [0.25, 0.3) is 0 Å². The standard InChI is InChI=1S/C13H17NO2/c1-15-10-4-2-9-3-5-12-13(11(9)8-10)16-7-6-14-12/h2,4,8,12-14H,3,5-7H2,1H3/t12-,13-/m0/s1. The fourth-order valence-corrected chi connectivity index (χ4v) is 2.72. The number of hydrogen-bond acceptors (Lipinski definition) is 3. The molecule has 16 heavy (non-hydrogen) atoms. The third-order valence-corrected chi connectivity index (χ3v) is 3.56. The summed E-state index contributed by atoms with van der Waals surface area (Å²) in [6.45, 7) is 1.78. The van der Waals surface area contributed by atoms with Gasteiger partial charge < -0.3 is 14.8 Å². The Balaban J connectivity index is 1.98. The van der Waals surface area contributed by atoms with Gasteiger partial charge in [-0.3, -0.25) is 0 Å². The van der Waals surface area contributed by atoms with E-state index in [-0.39, 0.29) is 6.10 Å². The van der Waals surface area contributed by atoms with E-state index in [1.165, 1.54) is 17.5 Å². The second kappa shape index (κ2) is 4.07. The first-order valence-corrected chi connectivity index (χ1v) is 5.90. The minimum Gasteiger partial charge on any atom is -0.497 e. The van der Waals surface area contributed by atoms with Crippen molar-refractivity contribution in [1.82, 2.24) is 5.32 Å². The lowest BCUT2D eigenvalue weighted by atomic mass is 9.85. The molecule has 1 aromatic rings. The van der Waals surface area contributed by atoms with E-state index in [1.807, 2.05) is 6.07 Å². The highest BCUT2D eigenvalue weighted by atomic mass is 16.5. The molecule has 1 fully saturated rings. The maximum absolute atomic E-state index is 5.89. The highest BCUT2D eigenvalue weighted by Crippen LogP contribution is 2.36. The summed E-state index contributed by atoms with van der Waals surface area (Å²) in [5.41, 5.74) is 2.72. The molecule has 0 bridgehead atoms. The molecule has 1 saturated heterocycles. The van der Waals surface area contributed by atoms with E-state index in [1.54, 1.807) is 7.11 Å². The van der Waals surface area contributed by atoms with Gasteiger partial charge in [-0.1, -0.05) is 6.07 Å². The summed E-state index contributed by atoms with van der Waals surface area (Å²) < 4.78 is 11.2. The zero-order valence-electron chi connectivity index (χ0n) is 9.53. The van der Waals surface area contributed by atoms with E-state index in [0.717, 1.165) is 25.3 Å². The average molecular weight is 219 g/mol. The number of fused-ring (bicyclic) bond motifs is 3. The van der Waals surface area contributed by atoms with Crippen LogP contribution >= 0.6 is 0 Å². The Morgan fingerprint density at radius 3 is 3.25 bits per heavy atom. The highest BCUT2D eigenvalue weighted by molar-refractivity contribution is 5.39. The van der Waals surface area contributed by atoms with Gasteiger partial charge in [-0.05, 0) is 36.1 Å². The van der Waals surface area contributed by atoms with Crippen molar-refractivity contribution in [3.63, 3.8) is 0 Å². The van der Waals surface area contributed by atoms with Crippen LogP contribution in [0.5, 0.6) is 5.75 Å². The number of rotatable bonds is 1. The molecule has 1 N–H and O–H groups in total. The summed E-state index contributed by atoms with van der Waals surface area (Å²) in [4.78, 5) is 0. The van der Waals surface area contributed by atoms with Crippen molar-refractivity contribution in [1.29, 1.82) is 0 Å². The van der Waals surface area contributed by atoms with Crippen LogP contribution < -0.4 is 10.1 Å². The summed E-state index contributed by atoms with van der Waals surface area (Å²) in [6.07, 6.45) is 2.52. The minimum atomic E-state index is 0.215. The number of methoxy groups -OCH3 is 1. The summed E-state index contributed by atoms with van der Waals surface area (Å²) in [5.74, 6) is 0.925. The van der Waals surface area contributed by atoms with Gasteiger partial charge in [0.15, 0.2) is 0 Å². The molecule has 0 aromatic heterocycles. The second-order valence-electron chi connectivity index (χ2n) is 4.46. The van der Waals surface area contributed by atoms with Crippen molar-refractivity contribution in [3.8, 4) is 5.75 Å². The van der Waals surface area contributed by atoms with E-state index in [2.05, 4.69) is 17.4 Å². The molecule has 3 rings (SSSR count). The minimum absolute atomic E-state index is 0.215. The first-order chi connectivity index (χ1) is 7.88. The van der Waals surface area contributed by atoms with Crippen LogP contribution in [-0.2, 0) is 11.2 Å². The van der Waals surface area contributed by atoms with Crippen molar-refractivity contribution >= 4 is 0 Å². The zero-order valence-corrected chi connectivity index (χ0v) is 9.53. The number of morpholine rings is 1. The van der Waals surface area contributed by atoms with Crippen LogP contribution in [-0.4, -0.2) is 26.3 Å².